The highest BCUT2D eigenvalue weighted by atomic mass is 32.2. The normalized spacial score (nSPS) is 15.8. The number of rotatable bonds is 5. The highest BCUT2D eigenvalue weighted by Crippen LogP contribution is 2.37. The Kier molecular flexibility index (Phi) is 7.43. The van der Waals surface area contributed by atoms with Gasteiger partial charge in [-0.25, -0.2) is 8.42 Å². The van der Waals surface area contributed by atoms with E-state index in [0.29, 0.717) is 38.2 Å². The largest absolute Gasteiger partial charge is 0.337 e. The molecule has 1 fully saturated rings. The Morgan fingerprint density at radius 1 is 0.917 bits per heavy atom. The third-order valence-corrected chi connectivity index (χ3v) is 9.17. The molecule has 0 atom stereocenters. The number of hydrogen-bond donors (Lipinski definition) is 3. The second-order valence-electron chi connectivity index (χ2n) is 8.62. The van der Waals surface area contributed by atoms with E-state index in [1.807, 2.05) is 0 Å². The molecule has 2 aliphatic heterocycles. The first-order valence-electron chi connectivity index (χ1n) is 11.5. The lowest BCUT2D eigenvalue weighted by Crippen LogP contribution is -2.41. The summed E-state index contributed by atoms with van der Waals surface area (Å²) in [5, 5.41) is 3.04. The standard InChI is InChI=1S/C23H27N5O6S2/c1-14(29)25-26-22(32)20-18-9-12-27(15(2)30)13-19(18)35-23(20)24-21(31)16-5-7-17(8-6-16)36(33,34)28-10-3-4-11-28/h5-8H,3-4,9-13H2,1-2H3,(H,24,31)(H,25,29)(H,26,32). The van der Waals surface area contributed by atoms with Crippen LogP contribution in [-0.4, -0.2) is 60.9 Å². The van der Waals surface area contributed by atoms with Gasteiger partial charge in [0.15, 0.2) is 0 Å². The van der Waals surface area contributed by atoms with Crippen LogP contribution < -0.4 is 16.2 Å². The van der Waals surface area contributed by atoms with Gasteiger partial charge in [0.05, 0.1) is 17.0 Å². The van der Waals surface area contributed by atoms with Gasteiger partial charge in [0.1, 0.15) is 5.00 Å². The Bertz CT molecular complexity index is 1310. The fourth-order valence-electron chi connectivity index (χ4n) is 4.24. The van der Waals surface area contributed by atoms with Crippen LogP contribution >= 0.6 is 11.3 Å². The molecule has 4 amide bonds. The molecule has 0 aliphatic carbocycles. The number of nitrogens with one attached hydrogen (secondary N) is 3. The van der Waals surface area contributed by atoms with Crippen molar-refractivity contribution >= 4 is 50.0 Å². The average Bonchev–Trinajstić information content (AvgIpc) is 3.50. The molecule has 0 radical (unpaired) electrons. The summed E-state index contributed by atoms with van der Waals surface area (Å²) < 4.78 is 26.9. The number of hydrogen-bond acceptors (Lipinski definition) is 7. The summed E-state index contributed by atoms with van der Waals surface area (Å²) in [6, 6.07) is 5.66. The van der Waals surface area contributed by atoms with Gasteiger partial charge in [-0.05, 0) is 49.1 Å². The van der Waals surface area contributed by atoms with E-state index in [0.717, 1.165) is 17.7 Å². The quantitative estimate of drug-likeness (QED) is 0.497. The minimum Gasteiger partial charge on any atom is -0.337 e. The van der Waals surface area contributed by atoms with E-state index in [2.05, 4.69) is 16.2 Å². The number of benzene rings is 1. The highest BCUT2D eigenvalue weighted by Gasteiger charge is 2.30. The van der Waals surface area contributed by atoms with Gasteiger partial charge in [0.25, 0.3) is 11.8 Å². The Labute approximate surface area is 212 Å². The highest BCUT2D eigenvalue weighted by molar-refractivity contribution is 7.89. The molecule has 0 bridgehead atoms. The van der Waals surface area contributed by atoms with Crippen molar-refractivity contribution in [3.8, 4) is 0 Å². The number of thiophene rings is 1. The lowest BCUT2D eigenvalue weighted by Gasteiger charge is -2.26. The number of sulfonamides is 1. The van der Waals surface area contributed by atoms with Crippen LogP contribution in [0.25, 0.3) is 0 Å². The minimum atomic E-state index is -3.60. The zero-order valence-corrected chi connectivity index (χ0v) is 21.6. The second-order valence-corrected chi connectivity index (χ2v) is 11.7. The zero-order chi connectivity index (χ0) is 26.0. The van der Waals surface area contributed by atoms with Crippen molar-refractivity contribution in [1.82, 2.24) is 20.1 Å². The molecule has 1 saturated heterocycles. The third kappa shape index (κ3) is 5.27. The molecule has 4 rings (SSSR count). The Hall–Kier alpha value is -3.29. The predicted molar refractivity (Wildman–Crippen MR) is 133 cm³/mol. The summed E-state index contributed by atoms with van der Waals surface area (Å²) >= 11 is 1.19. The molecule has 0 spiro atoms. The fraction of sp³-hybridized carbons (Fsp3) is 0.391. The summed E-state index contributed by atoms with van der Waals surface area (Å²) in [6.45, 7) is 4.44. The van der Waals surface area contributed by atoms with Crippen molar-refractivity contribution in [3.05, 3.63) is 45.8 Å². The molecule has 3 N–H and O–H groups in total. The van der Waals surface area contributed by atoms with Crippen molar-refractivity contribution in [2.24, 2.45) is 0 Å². The maximum absolute atomic E-state index is 13.0. The SMILES string of the molecule is CC(=O)NNC(=O)c1c(NC(=O)c2ccc(S(=O)(=O)N3CCCC3)cc2)sc2c1CCN(C(C)=O)C2. The predicted octanol–water partition coefficient (Wildman–Crippen LogP) is 1.47. The molecule has 0 unspecified atom stereocenters. The first-order chi connectivity index (χ1) is 17.1. The van der Waals surface area contributed by atoms with E-state index in [1.54, 1.807) is 4.90 Å². The molecule has 13 heteroatoms. The summed E-state index contributed by atoms with van der Waals surface area (Å²) in [4.78, 5) is 51.6. The van der Waals surface area contributed by atoms with Gasteiger partial charge < -0.3 is 10.2 Å². The number of nitrogens with zero attached hydrogens (tertiary/aromatic N) is 2. The van der Waals surface area contributed by atoms with E-state index in [-0.39, 0.29) is 26.9 Å². The molecular weight excluding hydrogens is 506 g/mol. The average molecular weight is 534 g/mol. The van der Waals surface area contributed by atoms with Crippen molar-refractivity contribution in [3.63, 3.8) is 0 Å². The van der Waals surface area contributed by atoms with E-state index < -0.39 is 27.7 Å². The number of amides is 4. The second kappa shape index (κ2) is 10.4. The molecule has 3 heterocycles. The smallest absolute Gasteiger partial charge is 0.272 e. The van der Waals surface area contributed by atoms with Gasteiger partial charge in [-0.1, -0.05) is 0 Å². The lowest BCUT2D eigenvalue weighted by atomic mass is 10.0. The van der Waals surface area contributed by atoms with E-state index in [1.165, 1.54) is 53.8 Å². The van der Waals surface area contributed by atoms with Crippen LogP contribution in [0.1, 0.15) is 57.8 Å². The fourth-order valence-corrected chi connectivity index (χ4v) is 7.01. The molecule has 192 valence electrons. The van der Waals surface area contributed by atoms with Crippen LogP contribution in [0, 0.1) is 0 Å². The van der Waals surface area contributed by atoms with Crippen molar-refractivity contribution in [2.45, 2.75) is 44.6 Å². The molecule has 1 aromatic carbocycles. The van der Waals surface area contributed by atoms with Gasteiger partial charge in [0.2, 0.25) is 21.8 Å². The number of carbonyl (C=O) groups is 4. The number of hydrazine groups is 1. The number of anilines is 1. The van der Waals surface area contributed by atoms with E-state index >= 15 is 0 Å². The molecule has 36 heavy (non-hydrogen) atoms. The molecule has 1 aromatic heterocycles. The summed E-state index contributed by atoms with van der Waals surface area (Å²) in [5.41, 5.74) is 5.75. The van der Waals surface area contributed by atoms with Gasteiger partial charge in [-0.2, -0.15) is 4.31 Å². The molecular formula is C23H27N5O6S2. The maximum Gasteiger partial charge on any atom is 0.272 e. The van der Waals surface area contributed by atoms with Crippen molar-refractivity contribution < 1.29 is 27.6 Å². The molecule has 11 nitrogen and oxygen atoms in total. The Morgan fingerprint density at radius 3 is 2.19 bits per heavy atom. The number of carbonyl (C=O) groups excluding carboxylic acids is 4. The van der Waals surface area contributed by atoms with Crippen LogP contribution in [0.2, 0.25) is 0 Å². The maximum atomic E-state index is 13.0. The van der Waals surface area contributed by atoms with Gasteiger partial charge in [0, 0.05) is 43.9 Å². The Balaban J connectivity index is 1.58. The van der Waals surface area contributed by atoms with E-state index in [4.69, 9.17) is 0 Å². The van der Waals surface area contributed by atoms with Gasteiger partial charge in [-0.15, -0.1) is 11.3 Å². The molecule has 2 aliphatic rings. The molecule has 2 aromatic rings. The topological polar surface area (TPSA) is 145 Å². The van der Waals surface area contributed by atoms with Gasteiger partial charge >= 0.3 is 0 Å². The third-order valence-electron chi connectivity index (χ3n) is 6.13. The molecule has 0 saturated carbocycles. The van der Waals surface area contributed by atoms with Crippen LogP contribution in [0.15, 0.2) is 29.2 Å². The zero-order valence-electron chi connectivity index (χ0n) is 19.9. The minimum absolute atomic E-state index is 0.0899. The van der Waals surface area contributed by atoms with Crippen LogP contribution in [0.5, 0.6) is 0 Å². The summed E-state index contributed by atoms with van der Waals surface area (Å²) in [5.74, 6) is -1.64. The summed E-state index contributed by atoms with van der Waals surface area (Å²) in [7, 11) is -3.60. The lowest BCUT2D eigenvalue weighted by molar-refractivity contribution is -0.129. The van der Waals surface area contributed by atoms with Crippen molar-refractivity contribution in [2.75, 3.05) is 25.0 Å². The van der Waals surface area contributed by atoms with E-state index in [9.17, 15) is 27.6 Å². The first kappa shape index (κ1) is 25.8. The number of fused-ring (bicyclic) bond motifs is 1. The Morgan fingerprint density at radius 2 is 1.58 bits per heavy atom. The van der Waals surface area contributed by atoms with Crippen LogP contribution in [-0.2, 0) is 32.6 Å². The van der Waals surface area contributed by atoms with Crippen LogP contribution in [0.3, 0.4) is 0 Å². The first-order valence-corrected chi connectivity index (χ1v) is 13.7. The van der Waals surface area contributed by atoms with Crippen LogP contribution in [0.4, 0.5) is 5.00 Å². The summed E-state index contributed by atoms with van der Waals surface area (Å²) in [6.07, 6.45) is 2.08. The van der Waals surface area contributed by atoms with Gasteiger partial charge in [-0.3, -0.25) is 30.0 Å². The monoisotopic (exact) mass is 533 g/mol. The van der Waals surface area contributed by atoms with Crippen molar-refractivity contribution in [1.29, 1.82) is 0 Å².